The summed E-state index contributed by atoms with van der Waals surface area (Å²) in [4.78, 5) is 15.6. The van der Waals surface area contributed by atoms with Crippen LogP contribution in [0.5, 0.6) is 0 Å². The number of carbonyl (C=O) groups is 1. The number of nitrogens with one attached hydrogen (secondary N) is 1. The Bertz CT molecular complexity index is 680. The third kappa shape index (κ3) is 5.51. The number of thioether (sulfide) groups is 1. The molecule has 0 atom stereocenters. The first-order chi connectivity index (χ1) is 12.2. The molecule has 1 N–H and O–H groups in total. The van der Waals surface area contributed by atoms with Gasteiger partial charge in [-0.15, -0.1) is 11.8 Å². The van der Waals surface area contributed by atoms with Crippen LogP contribution < -0.4 is 10.2 Å². The summed E-state index contributed by atoms with van der Waals surface area (Å²) in [6.07, 6.45) is 0.504. The van der Waals surface area contributed by atoms with E-state index in [0.717, 1.165) is 37.7 Å². The number of hydrogen-bond donors (Lipinski definition) is 1. The van der Waals surface area contributed by atoms with Crippen molar-refractivity contribution in [3.05, 3.63) is 54.1 Å². The van der Waals surface area contributed by atoms with Crippen LogP contribution in [-0.2, 0) is 9.53 Å². The molecule has 132 valence electrons. The Kier molecular flexibility index (Phi) is 6.36. The highest BCUT2D eigenvalue weighted by molar-refractivity contribution is 7.99. The van der Waals surface area contributed by atoms with E-state index in [1.807, 2.05) is 12.1 Å². The predicted molar refractivity (Wildman–Crippen MR) is 105 cm³/mol. The van der Waals surface area contributed by atoms with Gasteiger partial charge in [0.05, 0.1) is 13.2 Å². The van der Waals surface area contributed by atoms with Gasteiger partial charge in [0.25, 0.3) is 0 Å². The summed E-state index contributed by atoms with van der Waals surface area (Å²) in [6, 6.07) is 16.4. The van der Waals surface area contributed by atoms with E-state index in [9.17, 15) is 4.79 Å². The van der Waals surface area contributed by atoms with Crippen molar-refractivity contribution in [2.24, 2.45) is 0 Å². The van der Waals surface area contributed by atoms with Crippen molar-refractivity contribution in [2.75, 3.05) is 42.3 Å². The molecule has 1 aliphatic rings. The minimum atomic E-state index is 0.0544. The molecule has 0 aromatic heterocycles. The average Bonchev–Trinajstić information content (AvgIpc) is 2.65. The first kappa shape index (κ1) is 17.8. The maximum absolute atomic E-state index is 12.1. The predicted octanol–water partition coefficient (Wildman–Crippen LogP) is 3.95. The lowest BCUT2D eigenvalue weighted by atomic mass is 10.2. The van der Waals surface area contributed by atoms with Gasteiger partial charge in [-0.25, -0.2) is 0 Å². The summed E-state index contributed by atoms with van der Waals surface area (Å²) in [5.41, 5.74) is 3.28. The molecule has 4 nitrogen and oxygen atoms in total. The van der Waals surface area contributed by atoms with Crippen molar-refractivity contribution in [2.45, 2.75) is 18.2 Å². The minimum absolute atomic E-state index is 0.0544. The highest BCUT2D eigenvalue weighted by Crippen LogP contribution is 2.21. The Morgan fingerprint density at radius 3 is 2.44 bits per heavy atom. The molecule has 1 fully saturated rings. The molecule has 1 saturated heterocycles. The number of benzene rings is 2. The van der Waals surface area contributed by atoms with Gasteiger partial charge in [-0.3, -0.25) is 4.79 Å². The molecule has 2 aromatic carbocycles. The van der Waals surface area contributed by atoms with Crippen LogP contribution in [0.25, 0.3) is 0 Å². The summed E-state index contributed by atoms with van der Waals surface area (Å²) < 4.78 is 5.37. The van der Waals surface area contributed by atoms with E-state index in [-0.39, 0.29) is 5.91 Å². The summed E-state index contributed by atoms with van der Waals surface area (Å²) in [6.45, 7) is 5.46. The number of ether oxygens (including phenoxy) is 1. The van der Waals surface area contributed by atoms with Gasteiger partial charge < -0.3 is 15.0 Å². The van der Waals surface area contributed by atoms with Crippen LogP contribution in [0.4, 0.5) is 11.4 Å². The summed E-state index contributed by atoms with van der Waals surface area (Å²) in [5.74, 6) is 0.833. The van der Waals surface area contributed by atoms with E-state index in [1.54, 1.807) is 11.8 Å². The number of rotatable bonds is 6. The largest absolute Gasteiger partial charge is 0.378 e. The lowest BCUT2D eigenvalue weighted by molar-refractivity contribution is -0.115. The normalized spacial score (nSPS) is 14.4. The number of anilines is 2. The van der Waals surface area contributed by atoms with Crippen molar-refractivity contribution in [1.29, 1.82) is 0 Å². The minimum Gasteiger partial charge on any atom is -0.378 e. The van der Waals surface area contributed by atoms with Gasteiger partial charge in [0.2, 0.25) is 5.91 Å². The average molecular weight is 356 g/mol. The summed E-state index contributed by atoms with van der Waals surface area (Å²) in [5, 5.41) is 2.97. The second-order valence-electron chi connectivity index (χ2n) is 6.11. The zero-order valence-corrected chi connectivity index (χ0v) is 15.3. The molecule has 1 aliphatic heterocycles. The van der Waals surface area contributed by atoms with Gasteiger partial charge in [0.15, 0.2) is 0 Å². The van der Waals surface area contributed by atoms with Crippen LogP contribution in [0.1, 0.15) is 12.0 Å². The zero-order valence-electron chi connectivity index (χ0n) is 14.5. The van der Waals surface area contributed by atoms with Crippen LogP contribution >= 0.6 is 11.8 Å². The summed E-state index contributed by atoms with van der Waals surface area (Å²) in [7, 11) is 0. The van der Waals surface area contributed by atoms with Gasteiger partial charge in [-0.05, 0) is 43.3 Å². The number of morpholine rings is 1. The van der Waals surface area contributed by atoms with E-state index in [4.69, 9.17) is 4.74 Å². The van der Waals surface area contributed by atoms with Crippen molar-refractivity contribution in [3.8, 4) is 0 Å². The Hall–Kier alpha value is -1.98. The molecule has 3 rings (SSSR count). The van der Waals surface area contributed by atoms with Gasteiger partial charge in [-0.2, -0.15) is 0 Å². The molecular weight excluding hydrogens is 332 g/mol. The van der Waals surface area contributed by atoms with Gasteiger partial charge in [0.1, 0.15) is 0 Å². The quantitative estimate of drug-likeness (QED) is 0.796. The first-order valence-corrected chi connectivity index (χ1v) is 9.61. The molecule has 5 heteroatoms. The van der Waals surface area contributed by atoms with E-state index in [1.165, 1.54) is 16.1 Å². The monoisotopic (exact) mass is 356 g/mol. The molecule has 0 unspecified atom stereocenters. The van der Waals surface area contributed by atoms with E-state index in [0.29, 0.717) is 6.42 Å². The number of carbonyl (C=O) groups excluding carboxylic acids is 1. The third-order valence-corrected chi connectivity index (χ3v) is 5.16. The van der Waals surface area contributed by atoms with Crippen molar-refractivity contribution >= 4 is 29.0 Å². The number of amides is 1. The number of hydrogen-bond acceptors (Lipinski definition) is 4. The van der Waals surface area contributed by atoms with Crippen molar-refractivity contribution in [1.82, 2.24) is 0 Å². The fourth-order valence-corrected chi connectivity index (χ4v) is 3.55. The van der Waals surface area contributed by atoms with Gasteiger partial charge in [-0.1, -0.05) is 17.7 Å². The van der Waals surface area contributed by atoms with E-state index in [2.05, 4.69) is 53.5 Å². The molecular formula is C20H24N2O2S. The highest BCUT2D eigenvalue weighted by atomic mass is 32.2. The fraction of sp³-hybridized carbons (Fsp3) is 0.350. The van der Waals surface area contributed by atoms with Crippen molar-refractivity contribution in [3.63, 3.8) is 0 Å². The van der Waals surface area contributed by atoms with Crippen LogP contribution in [0.3, 0.4) is 0 Å². The van der Waals surface area contributed by atoms with E-state index >= 15 is 0 Å². The topological polar surface area (TPSA) is 41.6 Å². The molecule has 0 aliphatic carbocycles. The Labute approximate surface area is 153 Å². The zero-order chi connectivity index (χ0) is 17.5. The molecule has 25 heavy (non-hydrogen) atoms. The summed E-state index contributed by atoms with van der Waals surface area (Å²) >= 11 is 1.71. The SMILES string of the molecule is Cc1ccc(SCCC(=O)Nc2ccc(N3CCOCC3)cc2)cc1. The van der Waals surface area contributed by atoms with Crippen LogP contribution in [0, 0.1) is 6.92 Å². The van der Waals surface area contributed by atoms with Crippen molar-refractivity contribution < 1.29 is 9.53 Å². The van der Waals surface area contributed by atoms with Crippen LogP contribution in [0.2, 0.25) is 0 Å². The van der Waals surface area contributed by atoms with E-state index < -0.39 is 0 Å². The Morgan fingerprint density at radius 1 is 1.08 bits per heavy atom. The maximum Gasteiger partial charge on any atom is 0.225 e. The Balaban J connectivity index is 1.43. The van der Waals surface area contributed by atoms with Crippen LogP contribution in [0.15, 0.2) is 53.4 Å². The molecule has 2 aromatic rings. The van der Waals surface area contributed by atoms with Gasteiger partial charge in [0, 0.05) is 41.5 Å². The van der Waals surface area contributed by atoms with Crippen LogP contribution in [-0.4, -0.2) is 38.0 Å². The molecule has 0 radical (unpaired) electrons. The molecule has 0 bridgehead atoms. The lowest BCUT2D eigenvalue weighted by Gasteiger charge is -2.28. The second kappa shape index (κ2) is 8.92. The third-order valence-electron chi connectivity index (χ3n) is 4.15. The maximum atomic E-state index is 12.1. The Morgan fingerprint density at radius 2 is 1.76 bits per heavy atom. The second-order valence-corrected chi connectivity index (χ2v) is 7.27. The lowest BCUT2D eigenvalue weighted by Crippen LogP contribution is -2.36. The highest BCUT2D eigenvalue weighted by Gasteiger charge is 2.11. The standard InChI is InChI=1S/C20H24N2O2S/c1-16-2-8-19(9-3-16)25-15-10-20(23)21-17-4-6-18(7-5-17)22-11-13-24-14-12-22/h2-9H,10-15H2,1H3,(H,21,23). The fourth-order valence-electron chi connectivity index (χ4n) is 2.70. The molecule has 0 spiro atoms. The number of aryl methyl sites for hydroxylation is 1. The molecule has 0 saturated carbocycles. The molecule has 1 amide bonds. The molecule has 1 heterocycles. The first-order valence-electron chi connectivity index (χ1n) is 8.63. The van der Waals surface area contributed by atoms with Gasteiger partial charge >= 0.3 is 0 Å². The number of nitrogens with zero attached hydrogens (tertiary/aromatic N) is 1. The smallest absolute Gasteiger partial charge is 0.225 e.